The molecule has 20 heavy (non-hydrogen) atoms. The van der Waals surface area contributed by atoms with Crippen LogP contribution in [0.4, 0.5) is 0 Å². The highest BCUT2D eigenvalue weighted by molar-refractivity contribution is 7.12. The second-order valence-electron chi connectivity index (χ2n) is 6.55. The first-order valence-electron chi connectivity index (χ1n) is 7.27. The van der Waals surface area contributed by atoms with E-state index >= 15 is 0 Å². The molecule has 1 saturated carbocycles. The summed E-state index contributed by atoms with van der Waals surface area (Å²) in [5.41, 5.74) is 1.54. The molecule has 0 saturated heterocycles. The summed E-state index contributed by atoms with van der Waals surface area (Å²) in [5, 5.41) is 7.03. The Morgan fingerprint density at radius 1 is 1.35 bits per heavy atom. The molecule has 1 aliphatic carbocycles. The predicted molar refractivity (Wildman–Crippen MR) is 87.8 cm³/mol. The topological polar surface area (TPSA) is 24.9 Å². The number of hydrogen-bond acceptors (Lipinski definition) is 4. The van der Waals surface area contributed by atoms with Crippen LogP contribution in [0.5, 0.6) is 0 Å². The molecule has 0 aliphatic heterocycles. The van der Waals surface area contributed by atoms with Crippen molar-refractivity contribution in [1.82, 2.24) is 10.3 Å². The molecule has 1 N–H and O–H groups in total. The SMILES string of the molecule is CC(C)(C)NCc1sc(Cc2cccs2)nc1C1CC1. The first-order chi connectivity index (χ1) is 9.51. The van der Waals surface area contributed by atoms with Crippen molar-refractivity contribution in [3.05, 3.63) is 38.0 Å². The van der Waals surface area contributed by atoms with Gasteiger partial charge in [0.05, 0.1) is 10.7 Å². The Labute approximate surface area is 129 Å². The third-order valence-corrected chi connectivity index (χ3v) is 5.37. The monoisotopic (exact) mass is 306 g/mol. The van der Waals surface area contributed by atoms with Crippen molar-refractivity contribution in [1.29, 1.82) is 0 Å². The van der Waals surface area contributed by atoms with Crippen LogP contribution in [-0.2, 0) is 13.0 Å². The van der Waals surface area contributed by atoms with Crippen LogP contribution in [0.1, 0.15) is 60.0 Å². The van der Waals surface area contributed by atoms with Crippen molar-refractivity contribution in [3.8, 4) is 0 Å². The summed E-state index contributed by atoms with van der Waals surface area (Å²) in [6, 6.07) is 4.33. The standard InChI is InChI=1S/C16H22N2S2/c1-16(2,3)17-10-13-15(11-6-7-11)18-14(20-13)9-12-5-4-8-19-12/h4-5,8,11,17H,6-7,9-10H2,1-3H3. The normalized spacial score (nSPS) is 15.8. The van der Waals surface area contributed by atoms with Crippen molar-refractivity contribution in [3.63, 3.8) is 0 Å². The van der Waals surface area contributed by atoms with Gasteiger partial charge in [0.25, 0.3) is 0 Å². The minimum atomic E-state index is 0.165. The number of nitrogens with zero attached hydrogens (tertiary/aromatic N) is 1. The number of aromatic nitrogens is 1. The van der Waals surface area contributed by atoms with Gasteiger partial charge in [0.15, 0.2) is 0 Å². The molecule has 108 valence electrons. The van der Waals surface area contributed by atoms with E-state index in [9.17, 15) is 0 Å². The molecule has 2 aromatic heterocycles. The summed E-state index contributed by atoms with van der Waals surface area (Å²) < 4.78 is 0. The summed E-state index contributed by atoms with van der Waals surface area (Å²) in [4.78, 5) is 7.80. The summed E-state index contributed by atoms with van der Waals surface area (Å²) in [6.45, 7) is 7.61. The largest absolute Gasteiger partial charge is 0.307 e. The zero-order chi connectivity index (χ0) is 14.2. The molecular formula is C16H22N2S2. The fraction of sp³-hybridized carbons (Fsp3) is 0.562. The molecule has 1 aliphatic rings. The van der Waals surface area contributed by atoms with E-state index < -0.39 is 0 Å². The lowest BCUT2D eigenvalue weighted by Crippen LogP contribution is -2.35. The quantitative estimate of drug-likeness (QED) is 0.876. The molecule has 0 aromatic carbocycles. The van der Waals surface area contributed by atoms with E-state index in [-0.39, 0.29) is 5.54 Å². The fourth-order valence-corrected chi connectivity index (χ4v) is 4.12. The lowest BCUT2D eigenvalue weighted by Gasteiger charge is -2.20. The Morgan fingerprint density at radius 3 is 2.75 bits per heavy atom. The molecule has 4 heteroatoms. The van der Waals surface area contributed by atoms with Gasteiger partial charge in [0.2, 0.25) is 0 Å². The van der Waals surface area contributed by atoms with E-state index in [4.69, 9.17) is 4.98 Å². The van der Waals surface area contributed by atoms with Crippen LogP contribution < -0.4 is 5.32 Å². The second-order valence-corrected chi connectivity index (χ2v) is 8.75. The molecule has 0 bridgehead atoms. The van der Waals surface area contributed by atoms with Crippen LogP contribution in [0.15, 0.2) is 17.5 Å². The van der Waals surface area contributed by atoms with Gasteiger partial charge in [0, 0.05) is 34.2 Å². The molecule has 2 aromatic rings. The van der Waals surface area contributed by atoms with Crippen LogP contribution in [0.25, 0.3) is 0 Å². The van der Waals surface area contributed by atoms with E-state index in [2.05, 4.69) is 43.6 Å². The van der Waals surface area contributed by atoms with Crippen LogP contribution in [0.3, 0.4) is 0 Å². The van der Waals surface area contributed by atoms with Crippen LogP contribution in [-0.4, -0.2) is 10.5 Å². The third kappa shape index (κ3) is 3.68. The van der Waals surface area contributed by atoms with Crippen molar-refractivity contribution in [2.45, 2.75) is 58.0 Å². The fourth-order valence-electron chi connectivity index (χ4n) is 2.20. The molecule has 2 heterocycles. The maximum absolute atomic E-state index is 4.93. The molecule has 0 amide bonds. The Bertz CT molecular complexity index is 560. The van der Waals surface area contributed by atoms with Crippen molar-refractivity contribution in [2.75, 3.05) is 0 Å². The second kappa shape index (κ2) is 5.58. The Balaban J connectivity index is 1.75. The van der Waals surface area contributed by atoms with E-state index in [1.807, 2.05) is 22.7 Å². The molecule has 1 fully saturated rings. The zero-order valence-corrected chi connectivity index (χ0v) is 14.0. The lowest BCUT2D eigenvalue weighted by atomic mass is 10.1. The van der Waals surface area contributed by atoms with Gasteiger partial charge < -0.3 is 5.32 Å². The van der Waals surface area contributed by atoms with Gasteiger partial charge in [-0.1, -0.05) is 6.07 Å². The van der Waals surface area contributed by atoms with E-state index in [0.717, 1.165) is 18.9 Å². The molecule has 0 atom stereocenters. The summed E-state index contributed by atoms with van der Waals surface area (Å²) in [6.07, 6.45) is 3.65. The lowest BCUT2D eigenvalue weighted by molar-refractivity contribution is 0.425. The minimum Gasteiger partial charge on any atom is -0.307 e. The predicted octanol–water partition coefficient (Wildman–Crippen LogP) is 4.56. The van der Waals surface area contributed by atoms with Gasteiger partial charge >= 0.3 is 0 Å². The highest BCUT2D eigenvalue weighted by Gasteiger charge is 2.29. The molecule has 0 spiro atoms. The van der Waals surface area contributed by atoms with E-state index in [0.29, 0.717) is 0 Å². The van der Waals surface area contributed by atoms with Gasteiger partial charge in [-0.25, -0.2) is 4.98 Å². The average molecular weight is 307 g/mol. The van der Waals surface area contributed by atoms with Gasteiger partial charge in [-0.3, -0.25) is 0 Å². The van der Waals surface area contributed by atoms with Crippen molar-refractivity contribution >= 4 is 22.7 Å². The first-order valence-corrected chi connectivity index (χ1v) is 8.97. The van der Waals surface area contributed by atoms with Gasteiger partial charge in [-0.2, -0.15) is 0 Å². The smallest absolute Gasteiger partial charge is 0.0983 e. The maximum Gasteiger partial charge on any atom is 0.0983 e. The van der Waals surface area contributed by atoms with E-state index in [1.165, 1.54) is 33.3 Å². The zero-order valence-electron chi connectivity index (χ0n) is 12.4. The average Bonchev–Trinajstić information content (AvgIpc) is 2.94. The molecule has 2 nitrogen and oxygen atoms in total. The van der Waals surface area contributed by atoms with Crippen LogP contribution in [0, 0.1) is 0 Å². The number of hydrogen-bond donors (Lipinski definition) is 1. The number of rotatable bonds is 5. The molecule has 0 radical (unpaired) electrons. The minimum absolute atomic E-state index is 0.165. The first kappa shape index (κ1) is 14.2. The highest BCUT2D eigenvalue weighted by Crippen LogP contribution is 2.43. The third-order valence-electron chi connectivity index (χ3n) is 3.42. The van der Waals surface area contributed by atoms with Crippen molar-refractivity contribution in [2.24, 2.45) is 0 Å². The van der Waals surface area contributed by atoms with Crippen LogP contribution in [0.2, 0.25) is 0 Å². The van der Waals surface area contributed by atoms with Gasteiger partial charge in [-0.15, -0.1) is 22.7 Å². The molecule has 0 unspecified atom stereocenters. The summed E-state index contributed by atoms with van der Waals surface area (Å²) >= 11 is 3.73. The summed E-state index contributed by atoms with van der Waals surface area (Å²) in [5.74, 6) is 0.736. The van der Waals surface area contributed by atoms with E-state index in [1.54, 1.807) is 0 Å². The molecular weight excluding hydrogens is 284 g/mol. The Morgan fingerprint density at radius 2 is 2.15 bits per heavy atom. The van der Waals surface area contributed by atoms with Gasteiger partial charge in [-0.05, 0) is 45.1 Å². The number of nitrogens with one attached hydrogen (secondary N) is 1. The Kier molecular flexibility index (Phi) is 3.98. The Hall–Kier alpha value is -0.710. The molecule has 3 rings (SSSR count). The number of thiazole rings is 1. The van der Waals surface area contributed by atoms with Crippen molar-refractivity contribution < 1.29 is 0 Å². The van der Waals surface area contributed by atoms with Crippen LogP contribution >= 0.6 is 22.7 Å². The van der Waals surface area contributed by atoms with Gasteiger partial charge in [0.1, 0.15) is 0 Å². The number of thiophene rings is 1. The summed E-state index contributed by atoms with van der Waals surface area (Å²) in [7, 11) is 0. The highest BCUT2D eigenvalue weighted by atomic mass is 32.1. The maximum atomic E-state index is 4.93.